The molecule has 1 saturated heterocycles. The minimum Gasteiger partial charge on any atom is -0.469 e. The van der Waals surface area contributed by atoms with Crippen LogP contribution >= 0.6 is 0 Å². The topological polar surface area (TPSA) is 57.2 Å². The van der Waals surface area contributed by atoms with E-state index in [0.717, 1.165) is 0 Å². The zero-order valence-electron chi connectivity index (χ0n) is 16.1. The van der Waals surface area contributed by atoms with Gasteiger partial charge in [-0.2, -0.15) is 5.06 Å². The Morgan fingerprint density at radius 1 is 1.39 bits per heavy atom. The molecule has 0 N–H and O–H groups in total. The van der Waals surface area contributed by atoms with Gasteiger partial charge < -0.3 is 18.7 Å². The number of carbonyl (C=O) groups excluding carboxylic acids is 1. The highest BCUT2D eigenvalue weighted by Gasteiger charge is 2.44. The van der Waals surface area contributed by atoms with Gasteiger partial charge in [0.15, 0.2) is 5.79 Å². The molecule has 0 amide bonds. The van der Waals surface area contributed by atoms with Crippen LogP contribution in [0.25, 0.3) is 0 Å². The van der Waals surface area contributed by atoms with E-state index in [1.807, 2.05) is 20.9 Å². The molecule has 0 spiro atoms. The molecular formula is C16H33NO5Si. The summed E-state index contributed by atoms with van der Waals surface area (Å²) in [7, 11) is 1.26. The fourth-order valence-corrected chi connectivity index (χ4v) is 3.35. The van der Waals surface area contributed by atoms with E-state index in [1.54, 1.807) is 5.06 Å². The van der Waals surface area contributed by atoms with Crippen LogP contribution in [-0.4, -0.2) is 58.0 Å². The van der Waals surface area contributed by atoms with Crippen LogP contribution in [0.4, 0.5) is 0 Å². The first-order valence-corrected chi connectivity index (χ1v) is 11.0. The predicted molar refractivity (Wildman–Crippen MR) is 91.4 cm³/mol. The predicted octanol–water partition coefficient (Wildman–Crippen LogP) is 2.94. The SMILES string of the molecule is COC(=O)C[C@@H]([C@H]1COC(C)(C)O1)N(C)O[Si](C)(C)C(C)(C)C. The lowest BCUT2D eigenvalue weighted by Gasteiger charge is -2.42. The van der Waals surface area contributed by atoms with Crippen molar-refractivity contribution in [2.24, 2.45) is 0 Å². The van der Waals surface area contributed by atoms with Crippen LogP contribution in [0.1, 0.15) is 41.0 Å². The minimum absolute atomic E-state index is 0.0728. The van der Waals surface area contributed by atoms with E-state index in [1.165, 1.54) is 7.11 Å². The van der Waals surface area contributed by atoms with Gasteiger partial charge in [0.1, 0.15) is 6.10 Å². The first-order valence-electron chi connectivity index (χ1n) is 8.09. The third kappa shape index (κ3) is 5.53. The van der Waals surface area contributed by atoms with Gasteiger partial charge in [0, 0.05) is 7.05 Å². The Morgan fingerprint density at radius 3 is 2.35 bits per heavy atom. The second kappa shape index (κ2) is 7.19. The summed E-state index contributed by atoms with van der Waals surface area (Å²) in [4.78, 5) is 11.8. The molecule has 23 heavy (non-hydrogen) atoms. The van der Waals surface area contributed by atoms with Gasteiger partial charge in [0.05, 0.1) is 26.2 Å². The largest absolute Gasteiger partial charge is 0.469 e. The Balaban J connectivity index is 2.89. The molecule has 1 heterocycles. The van der Waals surface area contributed by atoms with Crippen LogP contribution in [0.3, 0.4) is 0 Å². The van der Waals surface area contributed by atoms with Gasteiger partial charge in [-0.3, -0.25) is 4.79 Å². The molecule has 136 valence electrons. The van der Waals surface area contributed by atoms with Crippen LogP contribution in [-0.2, 0) is 23.5 Å². The maximum atomic E-state index is 11.8. The van der Waals surface area contributed by atoms with Crippen LogP contribution in [0, 0.1) is 0 Å². The first kappa shape index (κ1) is 20.6. The first-order chi connectivity index (χ1) is 10.3. The molecule has 0 radical (unpaired) electrons. The summed E-state index contributed by atoms with van der Waals surface area (Å²) in [5, 5.41) is 1.85. The molecule has 0 unspecified atom stereocenters. The average molecular weight is 348 g/mol. The molecule has 1 aliphatic rings. The van der Waals surface area contributed by atoms with Gasteiger partial charge >= 0.3 is 5.97 Å². The molecule has 0 aromatic heterocycles. The summed E-state index contributed by atoms with van der Waals surface area (Å²) in [5.41, 5.74) is 0. The molecule has 0 bridgehead atoms. The van der Waals surface area contributed by atoms with Gasteiger partial charge in [0.2, 0.25) is 8.32 Å². The number of nitrogens with zero attached hydrogens (tertiary/aromatic N) is 1. The minimum atomic E-state index is -2.00. The third-order valence-corrected chi connectivity index (χ3v) is 9.07. The molecule has 0 aliphatic carbocycles. The number of methoxy groups -OCH3 is 1. The van der Waals surface area contributed by atoms with Gasteiger partial charge in [-0.05, 0) is 32.0 Å². The second-order valence-electron chi connectivity index (χ2n) is 8.11. The molecule has 1 rings (SSSR count). The standard InChI is InChI=1S/C16H33NO5Si/c1-15(2,3)23(8,9)22-17(6)12(10-14(18)19-7)13-11-20-16(4,5)21-13/h12-13H,10-11H2,1-9H3/t12-,13+/m0/s1. The van der Waals surface area contributed by atoms with Crippen molar-refractivity contribution in [2.75, 3.05) is 20.8 Å². The fraction of sp³-hybridized carbons (Fsp3) is 0.938. The summed E-state index contributed by atoms with van der Waals surface area (Å²) >= 11 is 0. The number of esters is 1. The molecule has 1 aliphatic heterocycles. The van der Waals surface area contributed by atoms with E-state index in [2.05, 4.69) is 33.9 Å². The molecule has 2 atom stereocenters. The van der Waals surface area contributed by atoms with Crippen LogP contribution < -0.4 is 0 Å². The van der Waals surface area contributed by atoms with Crippen LogP contribution in [0.15, 0.2) is 0 Å². The number of ether oxygens (including phenoxy) is 3. The van der Waals surface area contributed by atoms with E-state index in [9.17, 15) is 4.79 Å². The maximum Gasteiger partial charge on any atom is 0.307 e. The average Bonchev–Trinajstić information content (AvgIpc) is 2.73. The Kier molecular flexibility index (Phi) is 6.43. The van der Waals surface area contributed by atoms with Crippen LogP contribution in [0.5, 0.6) is 0 Å². The number of carbonyl (C=O) groups is 1. The summed E-state index contributed by atoms with van der Waals surface area (Å²) < 4.78 is 22.7. The van der Waals surface area contributed by atoms with Crippen molar-refractivity contribution in [3.8, 4) is 0 Å². The molecule has 1 fully saturated rings. The summed E-state index contributed by atoms with van der Waals surface area (Å²) in [6.45, 7) is 15.1. The monoisotopic (exact) mass is 347 g/mol. The van der Waals surface area contributed by atoms with Gasteiger partial charge in [0.25, 0.3) is 0 Å². The molecule has 0 aromatic carbocycles. The quantitative estimate of drug-likeness (QED) is 0.418. The lowest BCUT2D eigenvalue weighted by molar-refractivity contribution is -0.176. The lowest BCUT2D eigenvalue weighted by Crippen LogP contribution is -2.52. The highest BCUT2D eigenvalue weighted by molar-refractivity contribution is 6.74. The van der Waals surface area contributed by atoms with E-state index >= 15 is 0 Å². The van der Waals surface area contributed by atoms with E-state index in [-0.39, 0.29) is 29.6 Å². The smallest absolute Gasteiger partial charge is 0.307 e. The van der Waals surface area contributed by atoms with Gasteiger partial charge in [-0.1, -0.05) is 20.8 Å². The molecule has 0 saturated carbocycles. The van der Waals surface area contributed by atoms with Crippen molar-refractivity contribution >= 4 is 14.3 Å². The Morgan fingerprint density at radius 2 is 1.96 bits per heavy atom. The van der Waals surface area contributed by atoms with Gasteiger partial charge in [-0.15, -0.1) is 0 Å². The van der Waals surface area contributed by atoms with Gasteiger partial charge in [-0.25, -0.2) is 0 Å². The second-order valence-corrected chi connectivity index (χ2v) is 12.8. The van der Waals surface area contributed by atoms with Crippen molar-refractivity contribution in [3.05, 3.63) is 0 Å². The Hall–Kier alpha value is -0.473. The van der Waals surface area contributed by atoms with Crippen molar-refractivity contribution in [1.29, 1.82) is 0 Å². The van der Waals surface area contributed by atoms with Crippen molar-refractivity contribution in [2.45, 2.75) is 77.1 Å². The number of hydrogen-bond acceptors (Lipinski definition) is 6. The number of rotatable bonds is 6. The van der Waals surface area contributed by atoms with Crippen molar-refractivity contribution in [1.82, 2.24) is 5.06 Å². The van der Waals surface area contributed by atoms with Crippen molar-refractivity contribution < 1.29 is 23.5 Å². The van der Waals surface area contributed by atoms with Crippen molar-refractivity contribution in [3.63, 3.8) is 0 Å². The zero-order chi connectivity index (χ0) is 18.1. The summed E-state index contributed by atoms with van der Waals surface area (Å²) in [6.07, 6.45) is -0.0370. The van der Waals surface area contributed by atoms with Crippen LogP contribution in [0.2, 0.25) is 18.1 Å². The number of hydrogen-bond donors (Lipinski definition) is 0. The zero-order valence-corrected chi connectivity index (χ0v) is 17.1. The third-order valence-electron chi connectivity index (χ3n) is 4.71. The molecular weight excluding hydrogens is 314 g/mol. The van der Waals surface area contributed by atoms with E-state index < -0.39 is 14.1 Å². The molecule has 6 nitrogen and oxygen atoms in total. The molecule has 7 heteroatoms. The van der Waals surface area contributed by atoms with E-state index in [4.69, 9.17) is 18.7 Å². The summed E-state index contributed by atoms with van der Waals surface area (Å²) in [6, 6.07) is -0.252. The number of likely N-dealkylation sites (N-methyl/N-ethyl adjacent to an activating group) is 1. The summed E-state index contributed by atoms with van der Waals surface area (Å²) in [5.74, 6) is -0.925. The maximum absolute atomic E-state index is 11.8. The lowest BCUT2D eigenvalue weighted by atomic mass is 10.1. The Bertz CT molecular complexity index is 419. The number of hydroxylamine groups is 2. The molecule has 0 aromatic rings. The normalized spacial score (nSPS) is 23.1. The Labute approximate surface area is 141 Å². The highest BCUT2D eigenvalue weighted by Crippen LogP contribution is 2.38. The fourth-order valence-electron chi connectivity index (χ4n) is 2.22. The highest BCUT2D eigenvalue weighted by atomic mass is 28.4. The van der Waals surface area contributed by atoms with E-state index in [0.29, 0.717) is 6.61 Å².